The van der Waals surface area contributed by atoms with E-state index in [1.54, 1.807) is 50.2 Å². The summed E-state index contributed by atoms with van der Waals surface area (Å²) in [7, 11) is -3.87. The molecule has 0 radical (unpaired) electrons. The SMILES string of the molecule is CCC(C(=O)NC(C)C)N(Cc1c(Cl)cccc1Cl)C(=O)CN(c1cccc(Cl)c1C)S(C)(=O)=O. The minimum atomic E-state index is -3.87. The third-order valence-corrected chi connectivity index (χ3v) is 7.64. The zero-order valence-electron chi connectivity index (χ0n) is 20.3. The predicted molar refractivity (Wildman–Crippen MR) is 143 cm³/mol. The Bertz CT molecular complexity index is 1170. The topological polar surface area (TPSA) is 86.8 Å². The first-order chi connectivity index (χ1) is 16.3. The molecule has 0 aliphatic rings. The number of nitrogens with one attached hydrogen (secondary N) is 1. The monoisotopic (exact) mass is 561 g/mol. The van der Waals surface area contributed by atoms with Gasteiger partial charge in [0.25, 0.3) is 0 Å². The number of sulfonamides is 1. The van der Waals surface area contributed by atoms with E-state index in [1.807, 2.05) is 13.8 Å². The molecule has 2 aromatic rings. The highest BCUT2D eigenvalue weighted by Gasteiger charge is 2.33. The summed E-state index contributed by atoms with van der Waals surface area (Å²) in [5, 5.41) is 3.86. The molecule has 2 aromatic carbocycles. The average Bonchev–Trinajstić information content (AvgIpc) is 2.74. The van der Waals surface area contributed by atoms with E-state index in [0.29, 0.717) is 32.6 Å². The van der Waals surface area contributed by atoms with E-state index in [0.717, 1.165) is 10.6 Å². The van der Waals surface area contributed by atoms with Crippen LogP contribution in [0.25, 0.3) is 0 Å². The van der Waals surface area contributed by atoms with Gasteiger partial charge in [0.2, 0.25) is 21.8 Å². The van der Waals surface area contributed by atoms with Crippen molar-refractivity contribution >= 4 is 62.3 Å². The van der Waals surface area contributed by atoms with Crippen LogP contribution in [0, 0.1) is 6.92 Å². The first-order valence-corrected chi connectivity index (χ1v) is 14.0. The number of anilines is 1. The Morgan fingerprint density at radius 3 is 2.06 bits per heavy atom. The van der Waals surface area contributed by atoms with Gasteiger partial charge in [-0.3, -0.25) is 13.9 Å². The van der Waals surface area contributed by atoms with Crippen LogP contribution in [-0.4, -0.2) is 50.0 Å². The standard InChI is InChI=1S/C24H30Cl3N3O4S/c1-6-21(24(32)28-15(2)3)29(13-17-19(26)10-7-11-20(17)27)23(31)14-30(35(5,33)34)22-12-8-9-18(25)16(22)4/h7-12,15,21H,6,13-14H2,1-5H3,(H,28,32). The Labute approximate surface area is 222 Å². The van der Waals surface area contributed by atoms with Crippen molar-refractivity contribution < 1.29 is 18.0 Å². The Balaban J connectivity index is 2.55. The largest absolute Gasteiger partial charge is 0.352 e. The van der Waals surface area contributed by atoms with Crippen LogP contribution in [0.15, 0.2) is 36.4 Å². The number of hydrogen-bond donors (Lipinski definition) is 1. The first kappa shape index (κ1) is 29.2. The minimum Gasteiger partial charge on any atom is -0.352 e. The quantitative estimate of drug-likeness (QED) is 0.439. The summed E-state index contributed by atoms with van der Waals surface area (Å²) in [5.41, 5.74) is 1.26. The number of hydrogen-bond acceptors (Lipinski definition) is 4. The van der Waals surface area contributed by atoms with Crippen LogP contribution in [0.4, 0.5) is 5.69 Å². The van der Waals surface area contributed by atoms with Gasteiger partial charge in [-0.2, -0.15) is 0 Å². The van der Waals surface area contributed by atoms with Crippen molar-refractivity contribution in [2.75, 3.05) is 17.1 Å². The van der Waals surface area contributed by atoms with Crippen molar-refractivity contribution in [3.63, 3.8) is 0 Å². The van der Waals surface area contributed by atoms with E-state index in [4.69, 9.17) is 34.8 Å². The van der Waals surface area contributed by atoms with E-state index in [2.05, 4.69) is 5.32 Å². The number of halogens is 3. The number of rotatable bonds is 10. The fourth-order valence-corrected chi connectivity index (χ4v) is 5.20. The second kappa shape index (κ2) is 12.3. The van der Waals surface area contributed by atoms with Crippen molar-refractivity contribution in [1.29, 1.82) is 0 Å². The molecule has 7 nitrogen and oxygen atoms in total. The fourth-order valence-electron chi connectivity index (χ4n) is 3.61. The third kappa shape index (κ3) is 7.49. The molecule has 0 heterocycles. The highest BCUT2D eigenvalue weighted by atomic mass is 35.5. The molecule has 2 rings (SSSR count). The number of amides is 2. The second-order valence-electron chi connectivity index (χ2n) is 8.46. The molecule has 1 N–H and O–H groups in total. The van der Waals surface area contributed by atoms with Crippen LogP contribution in [0.2, 0.25) is 15.1 Å². The molecule has 0 aromatic heterocycles. The van der Waals surface area contributed by atoms with E-state index in [-0.39, 0.29) is 24.2 Å². The normalized spacial score (nSPS) is 12.4. The summed E-state index contributed by atoms with van der Waals surface area (Å²) in [6.45, 7) is 6.46. The molecule has 0 aliphatic carbocycles. The zero-order chi connectivity index (χ0) is 26.5. The average molecular weight is 563 g/mol. The molecule has 2 amide bonds. The van der Waals surface area contributed by atoms with Gasteiger partial charge in [-0.25, -0.2) is 8.42 Å². The van der Waals surface area contributed by atoms with Gasteiger partial charge in [-0.1, -0.05) is 53.9 Å². The molecular formula is C24H30Cl3N3O4S. The van der Waals surface area contributed by atoms with Crippen molar-refractivity contribution in [3.05, 3.63) is 62.6 Å². The van der Waals surface area contributed by atoms with E-state index < -0.39 is 28.5 Å². The lowest BCUT2D eigenvalue weighted by atomic mass is 10.1. The Morgan fingerprint density at radius 2 is 1.54 bits per heavy atom. The molecule has 1 unspecified atom stereocenters. The molecule has 0 saturated heterocycles. The zero-order valence-corrected chi connectivity index (χ0v) is 23.4. The fraction of sp³-hybridized carbons (Fsp3) is 0.417. The maximum atomic E-state index is 13.7. The molecule has 0 fully saturated rings. The summed E-state index contributed by atoms with van der Waals surface area (Å²) in [4.78, 5) is 28.1. The Morgan fingerprint density at radius 1 is 1.00 bits per heavy atom. The van der Waals surface area contributed by atoms with Crippen LogP contribution >= 0.6 is 34.8 Å². The molecule has 0 bridgehead atoms. The van der Waals surface area contributed by atoms with Crippen molar-refractivity contribution in [2.24, 2.45) is 0 Å². The van der Waals surface area contributed by atoms with Gasteiger partial charge in [-0.05, 0) is 57.0 Å². The van der Waals surface area contributed by atoms with E-state index in [1.165, 1.54) is 4.90 Å². The molecule has 35 heavy (non-hydrogen) atoms. The van der Waals surface area contributed by atoms with Crippen molar-refractivity contribution in [1.82, 2.24) is 10.2 Å². The van der Waals surface area contributed by atoms with Gasteiger partial charge in [0, 0.05) is 33.2 Å². The molecular weight excluding hydrogens is 533 g/mol. The number of nitrogens with zero attached hydrogens (tertiary/aromatic N) is 2. The molecule has 1 atom stereocenters. The number of carbonyl (C=O) groups excluding carboxylic acids is 2. The van der Waals surface area contributed by atoms with Crippen LogP contribution in [-0.2, 0) is 26.2 Å². The molecule has 0 aliphatic heterocycles. The van der Waals surface area contributed by atoms with Gasteiger partial charge < -0.3 is 10.2 Å². The third-order valence-electron chi connectivity index (χ3n) is 5.39. The Kier molecular flexibility index (Phi) is 10.3. The van der Waals surface area contributed by atoms with Crippen molar-refractivity contribution in [2.45, 2.75) is 52.7 Å². The van der Waals surface area contributed by atoms with Crippen LogP contribution in [0.1, 0.15) is 38.3 Å². The lowest BCUT2D eigenvalue weighted by Gasteiger charge is -2.34. The Hall–Kier alpha value is -2.00. The van der Waals surface area contributed by atoms with Gasteiger partial charge >= 0.3 is 0 Å². The second-order valence-corrected chi connectivity index (χ2v) is 11.6. The maximum Gasteiger partial charge on any atom is 0.244 e. The van der Waals surface area contributed by atoms with E-state index >= 15 is 0 Å². The lowest BCUT2D eigenvalue weighted by Crippen LogP contribution is -2.53. The molecule has 0 saturated carbocycles. The van der Waals surface area contributed by atoms with Crippen LogP contribution < -0.4 is 9.62 Å². The lowest BCUT2D eigenvalue weighted by molar-refractivity contribution is -0.140. The first-order valence-electron chi connectivity index (χ1n) is 11.0. The van der Waals surface area contributed by atoms with E-state index in [9.17, 15) is 18.0 Å². The molecule has 0 spiro atoms. The minimum absolute atomic E-state index is 0.0759. The van der Waals surface area contributed by atoms with Gasteiger partial charge in [0.05, 0.1) is 11.9 Å². The van der Waals surface area contributed by atoms with Gasteiger partial charge in [-0.15, -0.1) is 0 Å². The summed E-state index contributed by atoms with van der Waals surface area (Å²) >= 11 is 18.9. The summed E-state index contributed by atoms with van der Waals surface area (Å²) in [6.07, 6.45) is 1.31. The smallest absolute Gasteiger partial charge is 0.244 e. The predicted octanol–water partition coefficient (Wildman–Crippen LogP) is 5.05. The van der Waals surface area contributed by atoms with Gasteiger partial charge in [0.1, 0.15) is 12.6 Å². The highest BCUT2D eigenvalue weighted by molar-refractivity contribution is 7.92. The molecule has 11 heteroatoms. The molecule has 192 valence electrons. The van der Waals surface area contributed by atoms with Crippen LogP contribution in [0.5, 0.6) is 0 Å². The van der Waals surface area contributed by atoms with Crippen LogP contribution in [0.3, 0.4) is 0 Å². The van der Waals surface area contributed by atoms with Crippen molar-refractivity contribution in [3.8, 4) is 0 Å². The summed E-state index contributed by atoms with van der Waals surface area (Å²) in [6, 6.07) is 8.75. The summed E-state index contributed by atoms with van der Waals surface area (Å²) in [5.74, 6) is -0.944. The number of benzene rings is 2. The maximum absolute atomic E-state index is 13.7. The highest BCUT2D eigenvalue weighted by Crippen LogP contribution is 2.30. The van der Waals surface area contributed by atoms with Gasteiger partial charge in [0.15, 0.2) is 0 Å². The number of carbonyl (C=O) groups is 2. The summed E-state index contributed by atoms with van der Waals surface area (Å²) < 4.78 is 26.4.